The van der Waals surface area contributed by atoms with Gasteiger partial charge >= 0.3 is 6.03 Å². The molecule has 0 rings (SSSR count). The SMILES string of the molecule is NC(=O)/N=C/C(C=O)=C\O. The van der Waals surface area contributed by atoms with E-state index in [-0.39, 0.29) is 5.57 Å². The molecule has 0 fully saturated rings. The Labute approximate surface area is 56.9 Å². The predicted molar refractivity (Wildman–Crippen MR) is 34.9 cm³/mol. The number of allylic oxidation sites excluding steroid dienone is 1. The molecule has 0 radical (unpaired) electrons. The van der Waals surface area contributed by atoms with Gasteiger partial charge in [-0.05, 0) is 0 Å². The van der Waals surface area contributed by atoms with Crippen LogP contribution in [0.25, 0.3) is 0 Å². The Morgan fingerprint density at radius 2 is 2.20 bits per heavy atom. The fraction of sp³-hybridized carbons (Fsp3) is 0. The lowest BCUT2D eigenvalue weighted by molar-refractivity contribution is -0.104. The maximum Gasteiger partial charge on any atom is 0.338 e. The molecule has 0 bridgehead atoms. The van der Waals surface area contributed by atoms with Crippen LogP contribution in [0.1, 0.15) is 0 Å². The molecule has 0 atom stereocenters. The van der Waals surface area contributed by atoms with Gasteiger partial charge in [-0.15, -0.1) is 0 Å². The molecule has 0 aliphatic heterocycles. The van der Waals surface area contributed by atoms with Crippen LogP contribution < -0.4 is 5.73 Å². The van der Waals surface area contributed by atoms with Gasteiger partial charge in [0.05, 0.1) is 11.8 Å². The van der Waals surface area contributed by atoms with Crippen molar-refractivity contribution in [3.63, 3.8) is 0 Å². The lowest BCUT2D eigenvalue weighted by Crippen LogP contribution is -2.04. The molecule has 5 nitrogen and oxygen atoms in total. The number of primary amides is 1. The van der Waals surface area contributed by atoms with E-state index >= 15 is 0 Å². The number of carbonyl (C=O) groups excluding carboxylic acids is 2. The van der Waals surface area contributed by atoms with E-state index in [4.69, 9.17) is 5.11 Å². The molecule has 3 N–H and O–H groups in total. The first kappa shape index (κ1) is 8.35. The van der Waals surface area contributed by atoms with Gasteiger partial charge in [-0.3, -0.25) is 4.79 Å². The van der Waals surface area contributed by atoms with Crippen LogP contribution in [0.5, 0.6) is 0 Å². The molecular formula is C5H6N2O3. The second-order valence-corrected chi connectivity index (χ2v) is 1.34. The van der Waals surface area contributed by atoms with Gasteiger partial charge in [0.2, 0.25) is 0 Å². The van der Waals surface area contributed by atoms with Crippen LogP contribution >= 0.6 is 0 Å². The smallest absolute Gasteiger partial charge is 0.338 e. The van der Waals surface area contributed by atoms with E-state index in [0.29, 0.717) is 12.5 Å². The van der Waals surface area contributed by atoms with Crippen LogP contribution in [0.3, 0.4) is 0 Å². The highest BCUT2D eigenvalue weighted by Crippen LogP contribution is 1.80. The highest BCUT2D eigenvalue weighted by Gasteiger charge is 1.88. The number of urea groups is 1. The standard InChI is InChI=1S/C5H6N2O3/c6-5(10)7-1-4(2-8)3-9/h1-3,8H,(H2,6,10)/b4-2+,7-1+. The summed E-state index contributed by atoms with van der Waals surface area (Å²) in [4.78, 5) is 22.8. The third kappa shape index (κ3) is 3.36. The molecule has 0 spiro atoms. The Morgan fingerprint density at radius 1 is 1.60 bits per heavy atom. The molecule has 54 valence electrons. The van der Waals surface area contributed by atoms with Crippen molar-refractivity contribution >= 4 is 18.5 Å². The lowest BCUT2D eigenvalue weighted by Gasteiger charge is -1.82. The van der Waals surface area contributed by atoms with Crippen molar-refractivity contribution in [2.45, 2.75) is 0 Å². The Hall–Kier alpha value is -1.65. The monoisotopic (exact) mass is 142 g/mol. The van der Waals surface area contributed by atoms with Gasteiger partial charge < -0.3 is 10.8 Å². The molecule has 0 saturated carbocycles. The average Bonchev–Trinajstić information content (AvgIpc) is 1.90. The summed E-state index contributed by atoms with van der Waals surface area (Å²) in [5, 5.41) is 8.20. The quantitative estimate of drug-likeness (QED) is 0.241. The van der Waals surface area contributed by atoms with Crippen LogP contribution in [0.15, 0.2) is 16.8 Å². The maximum absolute atomic E-state index is 9.94. The van der Waals surface area contributed by atoms with Crippen LogP contribution in [0.4, 0.5) is 4.79 Å². The molecule has 0 aliphatic rings. The zero-order valence-electron chi connectivity index (χ0n) is 5.02. The van der Waals surface area contributed by atoms with Crippen LogP contribution in [-0.2, 0) is 4.79 Å². The predicted octanol–water partition coefficient (Wildman–Crippen LogP) is -0.223. The first-order chi connectivity index (χ1) is 4.70. The molecule has 0 aliphatic carbocycles. The number of amides is 2. The number of aliphatic hydroxyl groups is 1. The van der Waals surface area contributed by atoms with E-state index < -0.39 is 6.03 Å². The third-order valence-electron chi connectivity index (χ3n) is 0.626. The average molecular weight is 142 g/mol. The number of carbonyl (C=O) groups is 2. The number of hydrogen-bond donors (Lipinski definition) is 2. The second kappa shape index (κ2) is 4.25. The van der Waals surface area contributed by atoms with Crippen molar-refractivity contribution in [3.05, 3.63) is 11.8 Å². The Balaban J connectivity index is 4.11. The lowest BCUT2D eigenvalue weighted by atomic mass is 10.4. The van der Waals surface area contributed by atoms with E-state index in [1.54, 1.807) is 0 Å². The normalized spacial score (nSPS) is 11.8. The summed E-state index contributed by atoms with van der Waals surface area (Å²) in [5.74, 6) is 0. The van der Waals surface area contributed by atoms with Crippen LogP contribution in [-0.4, -0.2) is 23.6 Å². The topological polar surface area (TPSA) is 92.8 Å². The minimum atomic E-state index is -0.916. The zero-order valence-corrected chi connectivity index (χ0v) is 5.02. The van der Waals surface area contributed by atoms with E-state index in [0.717, 1.165) is 6.21 Å². The summed E-state index contributed by atoms with van der Waals surface area (Å²) in [6, 6.07) is -0.916. The first-order valence-corrected chi connectivity index (χ1v) is 2.33. The van der Waals surface area contributed by atoms with Crippen LogP contribution in [0.2, 0.25) is 0 Å². The molecule has 0 saturated heterocycles. The van der Waals surface area contributed by atoms with Crippen molar-refractivity contribution in [2.24, 2.45) is 10.7 Å². The highest BCUT2D eigenvalue weighted by molar-refractivity contribution is 6.04. The Bertz CT molecular complexity index is 195. The number of aldehydes is 1. The molecule has 10 heavy (non-hydrogen) atoms. The zero-order chi connectivity index (χ0) is 7.98. The van der Waals surface area contributed by atoms with Gasteiger partial charge in [0, 0.05) is 6.21 Å². The Kier molecular flexibility index (Phi) is 3.55. The number of hydrogen-bond acceptors (Lipinski definition) is 3. The fourth-order valence-electron chi connectivity index (χ4n) is 0.232. The second-order valence-electron chi connectivity index (χ2n) is 1.34. The van der Waals surface area contributed by atoms with Gasteiger partial charge in [0.1, 0.15) is 0 Å². The molecule has 0 unspecified atom stereocenters. The highest BCUT2D eigenvalue weighted by atomic mass is 16.2. The van der Waals surface area contributed by atoms with Crippen molar-refractivity contribution in [1.29, 1.82) is 0 Å². The summed E-state index contributed by atoms with van der Waals surface area (Å²) in [6.07, 6.45) is 1.74. The molecular weight excluding hydrogens is 136 g/mol. The van der Waals surface area contributed by atoms with Crippen molar-refractivity contribution < 1.29 is 14.7 Å². The minimum Gasteiger partial charge on any atom is -0.515 e. The summed E-state index contributed by atoms with van der Waals surface area (Å²) in [7, 11) is 0. The summed E-state index contributed by atoms with van der Waals surface area (Å²) in [5.41, 5.74) is 4.48. The molecule has 0 aromatic heterocycles. The summed E-state index contributed by atoms with van der Waals surface area (Å²) >= 11 is 0. The number of nitrogens with zero attached hydrogens (tertiary/aromatic N) is 1. The van der Waals surface area contributed by atoms with Crippen molar-refractivity contribution in [2.75, 3.05) is 0 Å². The molecule has 2 amide bonds. The summed E-state index contributed by atoms with van der Waals surface area (Å²) in [6.45, 7) is 0. The van der Waals surface area contributed by atoms with E-state index in [1.165, 1.54) is 0 Å². The molecule has 0 heterocycles. The van der Waals surface area contributed by atoms with Gasteiger partial charge in [0.25, 0.3) is 0 Å². The number of rotatable bonds is 2. The third-order valence-corrected chi connectivity index (χ3v) is 0.626. The maximum atomic E-state index is 9.94. The molecule has 0 aromatic carbocycles. The van der Waals surface area contributed by atoms with E-state index in [9.17, 15) is 9.59 Å². The number of aliphatic imine (C=N–C) groups is 1. The number of nitrogens with two attached hydrogens (primary N) is 1. The Morgan fingerprint density at radius 3 is 2.50 bits per heavy atom. The first-order valence-electron chi connectivity index (χ1n) is 2.33. The minimum absolute atomic E-state index is 0.112. The van der Waals surface area contributed by atoms with Gasteiger partial charge in [-0.25, -0.2) is 9.79 Å². The number of aliphatic hydroxyl groups excluding tert-OH is 1. The van der Waals surface area contributed by atoms with Gasteiger partial charge in [-0.2, -0.15) is 0 Å². The van der Waals surface area contributed by atoms with Gasteiger partial charge in [0.15, 0.2) is 6.29 Å². The largest absolute Gasteiger partial charge is 0.515 e. The fourth-order valence-corrected chi connectivity index (χ4v) is 0.232. The van der Waals surface area contributed by atoms with Crippen molar-refractivity contribution in [1.82, 2.24) is 0 Å². The van der Waals surface area contributed by atoms with E-state index in [2.05, 4.69) is 10.7 Å². The van der Waals surface area contributed by atoms with E-state index in [1.807, 2.05) is 0 Å². The van der Waals surface area contributed by atoms with Crippen molar-refractivity contribution in [3.8, 4) is 0 Å². The molecule has 0 aromatic rings. The molecule has 5 heteroatoms. The van der Waals surface area contributed by atoms with Crippen LogP contribution in [0, 0.1) is 0 Å². The van der Waals surface area contributed by atoms with Gasteiger partial charge in [-0.1, -0.05) is 0 Å². The summed E-state index contributed by atoms with van der Waals surface area (Å²) < 4.78 is 0.